The van der Waals surface area contributed by atoms with Gasteiger partial charge in [0.05, 0.1) is 12.6 Å². The molecule has 0 radical (unpaired) electrons. The second kappa shape index (κ2) is 12.1. The number of hydrogen-bond donors (Lipinski definition) is 1. The first-order valence-corrected chi connectivity index (χ1v) is 14.9. The van der Waals surface area contributed by atoms with Crippen molar-refractivity contribution < 1.29 is 27.1 Å². The van der Waals surface area contributed by atoms with Gasteiger partial charge in [0.2, 0.25) is 11.8 Å². The van der Waals surface area contributed by atoms with Crippen LogP contribution in [0.1, 0.15) is 13.8 Å². The maximum absolute atomic E-state index is 14.3. The lowest BCUT2D eigenvalue weighted by atomic mass is 10.0. The van der Waals surface area contributed by atoms with Gasteiger partial charge in [0.25, 0.3) is 10.0 Å². The first-order chi connectivity index (χ1) is 20.6. The van der Waals surface area contributed by atoms with Crippen LogP contribution in [-0.4, -0.2) is 72.7 Å². The lowest BCUT2D eigenvalue weighted by Crippen LogP contribution is -2.53. The molecule has 1 saturated heterocycles. The zero-order valence-corrected chi connectivity index (χ0v) is 24.5. The van der Waals surface area contributed by atoms with Gasteiger partial charge in [-0.2, -0.15) is 0 Å². The number of halogens is 1. The number of pyridine rings is 1. The number of carbonyl (C=O) groups excluding carboxylic acids is 2. The Hall–Kier alpha value is -4.91. The molecule has 4 aromatic rings. The molecule has 1 N–H and O–H groups in total. The predicted octanol–water partition coefficient (Wildman–Crippen LogP) is 3.82. The number of aromatic nitrogens is 3. The van der Waals surface area contributed by atoms with E-state index in [9.17, 15) is 22.4 Å². The molecule has 222 valence electrons. The number of piperazine rings is 1. The van der Waals surface area contributed by atoms with Crippen molar-refractivity contribution in [2.24, 2.45) is 0 Å². The molecular weight excluding hydrogens is 575 g/mol. The Morgan fingerprint density at radius 1 is 1.05 bits per heavy atom. The SMILES string of the molecule is COc1ncc(-c2ccc3ncnc(N4CCN(C(=O)/C=C/C(C)=O)C[C@@H]4C)c3c2)cc1NS(=O)(=O)c1ccccc1F. The Bertz CT molecular complexity index is 1850. The molecule has 3 heterocycles. The van der Waals surface area contributed by atoms with Gasteiger partial charge in [0, 0.05) is 48.9 Å². The molecular formula is C30H29FN6O5S. The summed E-state index contributed by atoms with van der Waals surface area (Å²) >= 11 is 0. The monoisotopic (exact) mass is 604 g/mol. The predicted molar refractivity (Wildman–Crippen MR) is 160 cm³/mol. The van der Waals surface area contributed by atoms with Crippen LogP contribution in [-0.2, 0) is 19.6 Å². The molecule has 5 rings (SSSR count). The van der Waals surface area contributed by atoms with Crippen molar-refractivity contribution in [3.63, 3.8) is 0 Å². The molecule has 1 aliphatic heterocycles. The number of ketones is 1. The number of nitrogens with one attached hydrogen (secondary N) is 1. The average Bonchev–Trinajstić information content (AvgIpc) is 2.99. The molecule has 1 atom stereocenters. The summed E-state index contributed by atoms with van der Waals surface area (Å²) < 4.78 is 48.0. The van der Waals surface area contributed by atoms with Crippen LogP contribution in [0.3, 0.4) is 0 Å². The molecule has 2 aromatic carbocycles. The fourth-order valence-corrected chi connectivity index (χ4v) is 6.05. The smallest absolute Gasteiger partial charge is 0.264 e. The van der Waals surface area contributed by atoms with E-state index >= 15 is 0 Å². The molecule has 13 heteroatoms. The minimum atomic E-state index is -4.28. The van der Waals surface area contributed by atoms with Crippen LogP contribution in [0.2, 0.25) is 0 Å². The lowest BCUT2D eigenvalue weighted by molar-refractivity contribution is -0.127. The topological polar surface area (TPSA) is 135 Å². The van der Waals surface area contributed by atoms with Gasteiger partial charge in [-0.25, -0.2) is 27.8 Å². The highest BCUT2D eigenvalue weighted by molar-refractivity contribution is 7.92. The second-order valence-corrected chi connectivity index (χ2v) is 11.7. The average molecular weight is 605 g/mol. The number of carbonyl (C=O) groups is 2. The number of rotatable bonds is 8. The van der Waals surface area contributed by atoms with Crippen LogP contribution >= 0.6 is 0 Å². The minimum Gasteiger partial charge on any atom is -0.480 e. The first-order valence-electron chi connectivity index (χ1n) is 13.4. The summed E-state index contributed by atoms with van der Waals surface area (Å²) in [6, 6.07) is 12.1. The number of fused-ring (bicyclic) bond motifs is 1. The zero-order valence-electron chi connectivity index (χ0n) is 23.7. The summed E-state index contributed by atoms with van der Waals surface area (Å²) in [4.78, 5) is 40.3. The van der Waals surface area contributed by atoms with E-state index in [4.69, 9.17) is 4.74 Å². The minimum absolute atomic E-state index is 0.0212. The maximum atomic E-state index is 14.3. The lowest BCUT2D eigenvalue weighted by Gasteiger charge is -2.40. The molecule has 11 nitrogen and oxygen atoms in total. The number of amides is 1. The first kappa shape index (κ1) is 29.6. The summed E-state index contributed by atoms with van der Waals surface area (Å²) in [5, 5.41) is 0.757. The number of ether oxygens (including phenoxy) is 1. The van der Waals surface area contributed by atoms with Crippen LogP contribution in [0.5, 0.6) is 5.88 Å². The third-order valence-corrected chi connectivity index (χ3v) is 8.43. The number of nitrogens with zero attached hydrogens (tertiary/aromatic N) is 5. The molecule has 0 spiro atoms. The third-order valence-electron chi connectivity index (χ3n) is 7.03. The van der Waals surface area contributed by atoms with Crippen LogP contribution < -0.4 is 14.4 Å². The largest absolute Gasteiger partial charge is 0.480 e. The highest BCUT2D eigenvalue weighted by Crippen LogP contribution is 2.34. The van der Waals surface area contributed by atoms with Crippen LogP contribution in [0.15, 0.2) is 78.1 Å². The van der Waals surface area contributed by atoms with E-state index in [1.54, 1.807) is 17.2 Å². The van der Waals surface area contributed by atoms with Crippen LogP contribution in [0.25, 0.3) is 22.0 Å². The van der Waals surface area contributed by atoms with E-state index < -0.39 is 20.7 Å². The standard InChI is InChI=1S/C30H29FN6O5S/c1-19-17-36(28(39)11-8-20(2)38)12-13-37(19)29-23-14-21(9-10-25(23)33-18-34-29)22-15-26(30(42-3)32-16-22)35-43(40,41)27-7-5-4-6-24(27)31/h4-11,14-16,18-19,35H,12-13,17H2,1-3H3/b11-8+/t19-/m0/s1. The highest BCUT2D eigenvalue weighted by atomic mass is 32.2. The van der Waals surface area contributed by atoms with E-state index in [-0.39, 0.29) is 29.3 Å². The summed E-state index contributed by atoms with van der Waals surface area (Å²) in [5.74, 6) is -0.581. The molecule has 0 bridgehead atoms. The van der Waals surface area contributed by atoms with Gasteiger partial charge in [0.15, 0.2) is 5.78 Å². The van der Waals surface area contributed by atoms with Crippen LogP contribution in [0, 0.1) is 5.82 Å². The second-order valence-electron chi connectivity index (χ2n) is 10.0. The molecule has 2 aromatic heterocycles. The van der Waals surface area contributed by atoms with Gasteiger partial charge < -0.3 is 14.5 Å². The van der Waals surface area contributed by atoms with E-state index in [1.165, 1.54) is 50.7 Å². The molecule has 43 heavy (non-hydrogen) atoms. The Morgan fingerprint density at radius 2 is 1.84 bits per heavy atom. The summed E-state index contributed by atoms with van der Waals surface area (Å²) in [7, 11) is -2.92. The summed E-state index contributed by atoms with van der Waals surface area (Å²) in [6.45, 7) is 4.80. The van der Waals surface area contributed by atoms with Gasteiger partial charge in [0.1, 0.15) is 28.5 Å². The fraction of sp³-hybridized carbons (Fsp3) is 0.233. The molecule has 0 unspecified atom stereocenters. The van der Waals surface area contributed by atoms with Crippen molar-refractivity contribution in [3.05, 3.63) is 79.0 Å². The Kier molecular flexibility index (Phi) is 8.35. The van der Waals surface area contributed by atoms with Crippen molar-refractivity contribution >= 4 is 44.1 Å². The molecule has 1 aliphatic rings. The Labute approximate surface area is 248 Å². The Morgan fingerprint density at radius 3 is 2.56 bits per heavy atom. The van der Waals surface area contributed by atoms with E-state index in [1.807, 2.05) is 25.1 Å². The molecule has 1 fully saturated rings. The number of benzene rings is 2. The quantitative estimate of drug-likeness (QED) is 0.298. The normalized spacial score (nSPS) is 15.6. The van der Waals surface area contributed by atoms with E-state index in [2.05, 4.69) is 24.6 Å². The van der Waals surface area contributed by atoms with Gasteiger partial charge >= 0.3 is 0 Å². The van der Waals surface area contributed by atoms with Crippen molar-refractivity contribution in [1.82, 2.24) is 19.9 Å². The fourth-order valence-electron chi connectivity index (χ4n) is 4.93. The molecule has 1 amide bonds. The Balaban J connectivity index is 1.46. The number of hydrogen-bond acceptors (Lipinski definition) is 9. The molecule has 0 saturated carbocycles. The highest BCUT2D eigenvalue weighted by Gasteiger charge is 2.28. The number of sulfonamides is 1. The van der Waals surface area contributed by atoms with Crippen molar-refractivity contribution in [3.8, 4) is 17.0 Å². The van der Waals surface area contributed by atoms with E-state index in [0.29, 0.717) is 42.1 Å². The van der Waals surface area contributed by atoms with Gasteiger partial charge in [-0.3, -0.25) is 14.3 Å². The number of methoxy groups -OCH3 is 1. The number of anilines is 2. The van der Waals surface area contributed by atoms with Gasteiger partial charge in [-0.15, -0.1) is 0 Å². The summed E-state index contributed by atoms with van der Waals surface area (Å²) in [6.07, 6.45) is 5.60. The molecule has 0 aliphatic carbocycles. The van der Waals surface area contributed by atoms with Gasteiger partial charge in [-0.05, 0) is 55.8 Å². The summed E-state index contributed by atoms with van der Waals surface area (Å²) in [5.41, 5.74) is 2.03. The maximum Gasteiger partial charge on any atom is 0.264 e. The van der Waals surface area contributed by atoms with Crippen molar-refractivity contribution in [2.45, 2.75) is 24.8 Å². The van der Waals surface area contributed by atoms with Crippen molar-refractivity contribution in [2.75, 3.05) is 36.4 Å². The van der Waals surface area contributed by atoms with Gasteiger partial charge in [-0.1, -0.05) is 18.2 Å². The van der Waals surface area contributed by atoms with Crippen LogP contribution in [0.4, 0.5) is 15.9 Å². The zero-order chi connectivity index (χ0) is 30.7. The van der Waals surface area contributed by atoms with E-state index in [0.717, 1.165) is 11.5 Å². The third kappa shape index (κ3) is 6.31. The van der Waals surface area contributed by atoms with Crippen molar-refractivity contribution in [1.29, 1.82) is 0 Å². The number of allylic oxidation sites excluding steroid dienone is 1.